The summed E-state index contributed by atoms with van der Waals surface area (Å²) in [5, 5.41) is 4.96. The van der Waals surface area contributed by atoms with Gasteiger partial charge in [-0.25, -0.2) is 9.59 Å². The minimum absolute atomic E-state index is 0.108. The molecule has 0 spiro atoms. The van der Waals surface area contributed by atoms with E-state index < -0.39 is 24.0 Å². The smallest absolute Gasteiger partial charge is 0.344 e. The van der Waals surface area contributed by atoms with E-state index in [1.54, 1.807) is 0 Å². The van der Waals surface area contributed by atoms with Gasteiger partial charge < -0.3 is 14.8 Å². The molecule has 0 heterocycles. The molecule has 2 aliphatic rings. The van der Waals surface area contributed by atoms with E-state index in [9.17, 15) is 14.4 Å². The minimum Gasteiger partial charge on any atom is -0.482 e. The molecule has 0 bridgehead atoms. The zero-order chi connectivity index (χ0) is 19.2. The molecule has 0 aliphatic heterocycles. The van der Waals surface area contributed by atoms with E-state index in [-0.39, 0.29) is 12.6 Å². The zero-order valence-corrected chi connectivity index (χ0v) is 15.6. The van der Waals surface area contributed by atoms with Gasteiger partial charge in [0.1, 0.15) is 5.75 Å². The molecule has 7 nitrogen and oxygen atoms in total. The highest BCUT2D eigenvalue weighted by Gasteiger charge is 2.23. The third-order valence-corrected chi connectivity index (χ3v) is 5.03. The molecule has 3 rings (SSSR count). The van der Waals surface area contributed by atoms with E-state index in [1.807, 2.05) is 18.2 Å². The number of ether oxygens (including phenoxy) is 2. The number of urea groups is 1. The van der Waals surface area contributed by atoms with Crippen LogP contribution < -0.4 is 15.4 Å². The summed E-state index contributed by atoms with van der Waals surface area (Å²) in [6.45, 7) is 1.14. The van der Waals surface area contributed by atoms with E-state index in [1.165, 1.54) is 18.1 Å². The van der Waals surface area contributed by atoms with Crippen LogP contribution in [0.25, 0.3) is 0 Å². The number of carbonyl (C=O) groups excluding carboxylic acids is 3. The van der Waals surface area contributed by atoms with Gasteiger partial charge in [0.2, 0.25) is 0 Å². The lowest BCUT2D eigenvalue weighted by Crippen LogP contribution is -2.47. The topological polar surface area (TPSA) is 93.7 Å². The minimum atomic E-state index is -1.07. The number of hydrogen-bond acceptors (Lipinski definition) is 5. The van der Waals surface area contributed by atoms with Gasteiger partial charge in [-0.3, -0.25) is 10.1 Å². The van der Waals surface area contributed by atoms with Gasteiger partial charge >= 0.3 is 12.0 Å². The summed E-state index contributed by atoms with van der Waals surface area (Å²) in [6.07, 6.45) is 6.18. The predicted molar refractivity (Wildman–Crippen MR) is 98.4 cm³/mol. The number of aryl methyl sites for hydroxylation is 2. The molecular weight excluding hydrogens is 348 g/mol. The number of fused-ring (bicyclic) bond motifs is 1. The quantitative estimate of drug-likeness (QED) is 0.745. The van der Waals surface area contributed by atoms with Crippen molar-refractivity contribution < 1.29 is 23.9 Å². The fourth-order valence-electron chi connectivity index (χ4n) is 3.57. The van der Waals surface area contributed by atoms with Crippen LogP contribution in [-0.4, -0.2) is 36.7 Å². The number of hydrogen-bond donors (Lipinski definition) is 2. The van der Waals surface area contributed by atoms with Crippen LogP contribution >= 0.6 is 0 Å². The van der Waals surface area contributed by atoms with Crippen LogP contribution in [-0.2, 0) is 27.2 Å². The number of imide groups is 1. The maximum absolute atomic E-state index is 12.0. The van der Waals surface area contributed by atoms with Gasteiger partial charge in [0, 0.05) is 6.04 Å². The summed E-state index contributed by atoms with van der Waals surface area (Å²) >= 11 is 0. The Balaban J connectivity index is 1.38. The average molecular weight is 374 g/mol. The van der Waals surface area contributed by atoms with Crippen molar-refractivity contribution in [2.45, 2.75) is 64.0 Å². The van der Waals surface area contributed by atoms with Crippen molar-refractivity contribution in [3.63, 3.8) is 0 Å². The maximum atomic E-state index is 12.0. The van der Waals surface area contributed by atoms with Crippen LogP contribution in [0.4, 0.5) is 4.79 Å². The first kappa shape index (κ1) is 19.2. The van der Waals surface area contributed by atoms with E-state index in [2.05, 4.69) is 10.6 Å². The standard InChI is InChI=1S/C20H26N2O5/c1-13(19(24)22-20(25)21-16-7-2-3-8-16)27-18(23)12-26-17-10-9-14-5-4-6-15(14)11-17/h9-11,13,16H,2-8,12H2,1H3,(H2,21,22,24,25)/t13-/m1/s1. The Morgan fingerprint density at radius 3 is 2.63 bits per heavy atom. The molecule has 1 fully saturated rings. The Hall–Kier alpha value is -2.57. The summed E-state index contributed by atoms with van der Waals surface area (Å²) < 4.78 is 10.5. The molecule has 1 saturated carbocycles. The lowest BCUT2D eigenvalue weighted by atomic mass is 10.1. The normalized spacial score (nSPS) is 17.1. The first-order valence-electron chi connectivity index (χ1n) is 9.56. The van der Waals surface area contributed by atoms with Gasteiger partial charge in [-0.05, 0) is 62.3 Å². The molecule has 0 radical (unpaired) electrons. The maximum Gasteiger partial charge on any atom is 0.344 e. The fourth-order valence-corrected chi connectivity index (χ4v) is 3.57. The van der Waals surface area contributed by atoms with Crippen molar-refractivity contribution in [3.8, 4) is 5.75 Å². The second-order valence-corrected chi connectivity index (χ2v) is 7.15. The molecule has 146 valence electrons. The van der Waals surface area contributed by atoms with E-state index in [0.717, 1.165) is 44.9 Å². The van der Waals surface area contributed by atoms with Crippen LogP contribution in [0.3, 0.4) is 0 Å². The van der Waals surface area contributed by atoms with Crippen molar-refractivity contribution in [2.24, 2.45) is 0 Å². The summed E-state index contributed by atoms with van der Waals surface area (Å²) in [6, 6.07) is 5.35. The third kappa shape index (κ3) is 5.45. The number of amides is 3. The first-order valence-corrected chi connectivity index (χ1v) is 9.56. The highest BCUT2D eigenvalue weighted by molar-refractivity contribution is 5.97. The highest BCUT2D eigenvalue weighted by atomic mass is 16.6. The number of benzene rings is 1. The van der Waals surface area contributed by atoms with Gasteiger partial charge in [-0.15, -0.1) is 0 Å². The Morgan fingerprint density at radius 2 is 1.85 bits per heavy atom. The molecule has 27 heavy (non-hydrogen) atoms. The number of nitrogens with one attached hydrogen (secondary N) is 2. The summed E-state index contributed by atoms with van der Waals surface area (Å²) in [7, 11) is 0. The van der Waals surface area contributed by atoms with Crippen LogP contribution in [0, 0.1) is 0 Å². The van der Waals surface area contributed by atoms with Crippen molar-refractivity contribution in [1.29, 1.82) is 0 Å². The van der Waals surface area contributed by atoms with Crippen LogP contribution in [0.2, 0.25) is 0 Å². The van der Waals surface area contributed by atoms with Crippen molar-refractivity contribution in [2.75, 3.05) is 6.61 Å². The van der Waals surface area contributed by atoms with Gasteiger partial charge in [-0.2, -0.15) is 0 Å². The zero-order valence-electron chi connectivity index (χ0n) is 15.6. The summed E-state index contributed by atoms with van der Waals surface area (Å²) in [5.74, 6) is -0.702. The molecule has 0 unspecified atom stereocenters. The molecule has 2 N–H and O–H groups in total. The van der Waals surface area contributed by atoms with E-state index >= 15 is 0 Å². The Morgan fingerprint density at radius 1 is 1.11 bits per heavy atom. The molecule has 0 aromatic heterocycles. The number of esters is 1. The summed E-state index contributed by atoms with van der Waals surface area (Å²) in [4.78, 5) is 35.7. The monoisotopic (exact) mass is 374 g/mol. The average Bonchev–Trinajstić information content (AvgIpc) is 3.30. The lowest BCUT2D eigenvalue weighted by molar-refractivity contribution is -0.156. The Kier molecular flexibility index (Phi) is 6.32. The van der Waals surface area contributed by atoms with Crippen molar-refractivity contribution >= 4 is 17.9 Å². The fraction of sp³-hybridized carbons (Fsp3) is 0.550. The first-order chi connectivity index (χ1) is 13.0. The molecule has 7 heteroatoms. The van der Waals surface area contributed by atoms with E-state index in [4.69, 9.17) is 9.47 Å². The second-order valence-electron chi connectivity index (χ2n) is 7.15. The van der Waals surface area contributed by atoms with Gasteiger partial charge in [-0.1, -0.05) is 18.9 Å². The van der Waals surface area contributed by atoms with Gasteiger partial charge in [0.15, 0.2) is 12.7 Å². The van der Waals surface area contributed by atoms with Gasteiger partial charge in [0.25, 0.3) is 5.91 Å². The van der Waals surface area contributed by atoms with Crippen LogP contribution in [0.5, 0.6) is 5.75 Å². The molecular formula is C20H26N2O5. The number of carbonyl (C=O) groups is 3. The molecule has 1 atom stereocenters. The van der Waals surface area contributed by atoms with E-state index in [0.29, 0.717) is 5.75 Å². The number of rotatable bonds is 6. The molecule has 3 amide bonds. The Bertz CT molecular complexity index is 712. The molecule has 1 aromatic rings. The molecule has 2 aliphatic carbocycles. The second kappa shape index (κ2) is 8.88. The molecule has 0 saturated heterocycles. The van der Waals surface area contributed by atoms with Crippen molar-refractivity contribution in [1.82, 2.24) is 10.6 Å². The lowest BCUT2D eigenvalue weighted by Gasteiger charge is -2.16. The summed E-state index contributed by atoms with van der Waals surface area (Å²) in [5.41, 5.74) is 2.58. The SMILES string of the molecule is C[C@@H](OC(=O)COc1ccc2c(c1)CCC2)C(=O)NC(=O)NC1CCCC1. The largest absolute Gasteiger partial charge is 0.482 e. The predicted octanol–water partition coefficient (Wildman–Crippen LogP) is 2.25. The third-order valence-electron chi connectivity index (χ3n) is 5.03. The van der Waals surface area contributed by atoms with Crippen molar-refractivity contribution in [3.05, 3.63) is 29.3 Å². The highest BCUT2D eigenvalue weighted by Crippen LogP contribution is 2.26. The Labute approximate surface area is 158 Å². The van der Waals surface area contributed by atoms with Gasteiger partial charge in [0.05, 0.1) is 0 Å². The molecule has 1 aromatic carbocycles. The van der Waals surface area contributed by atoms with Crippen LogP contribution in [0.1, 0.15) is 50.2 Å². The van der Waals surface area contributed by atoms with Crippen LogP contribution in [0.15, 0.2) is 18.2 Å².